The Labute approximate surface area is 156 Å². The van der Waals surface area contributed by atoms with Crippen LogP contribution in [0.1, 0.15) is 37.5 Å². The minimum atomic E-state index is 0.141. The van der Waals surface area contributed by atoms with E-state index in [0.717, 1.165) is 50.0 Å². The van der Waals surface area contributed by atoms with Crippen LogP contribution in [0.5, 0.6) is 0 Å². The third-order valence-corrected chi connectivity index (χ3v) is 4.79. The summed E-state index contributed by atoms with van der Waals surface area (Å²) in [5, 5.41) is 11.5. The van der Waals surface area contributed by atoms with Crippen molar-refractivity contribution in [3.05, 3.63) is 47.5 Å². The predicted octanol–water partition coefficient (Wildman–Crippen LogP) is 2.34. The van der Waals surface area contributed by atoms with Gasteiger partial charge in [0, 0.05) is 26.1 Å². The zero-order chi connectivity index (χ0) is 18.6. The predicted molar refractivity (Wildman–Crippen MR) is 105 cm³/mol. The second kappa shape index (κ2) is 7.89. The Morgan fingerprint density at radius 3 is 2.81 bits per heavy atom. The van der Waals surface area contributed by atoms with Crippen molar-refractivity contribution in [2.75, 3.05) is 13.6 Å². The lowest BCUT2D eigenvalue weighted by Crippen LogP contribution is -2.49. The van der Waals surface area contributed by atoms with Gasteiger partial charge in [0.2, 0.25) is 0 Å². The number of hydrogen-bond acceptors (Lipinski definition) is 3. The van der Waals surface area contributed by atoms with Gasteiger partial charge in [-0.25, -0.2) is 9.67 Å². The van der Waals surface area contributed by atoms with Crippen molar-refractivity contribution >= 4 is 5.96 Å². The van der Waals surface area contributed by atoms with E-state index in [1.807, 2.05) is 18.7 Å². The molecule has 0 radical (unpaired) electrons. The Morgan fingerprint density at radius 1 is 1.31 bits per heavy atom. The molecule has 26 heavy (non-hydrogen) atoms. The summed E-state index contributed by atoms with van der Waals surface area (Å²) in [6.45, 7) is 8.21. The Bertz CT molecular complexity index is 747. The minimum Gasteiger partial charge on any atom is -0.356 e. The standard InChI is InChI=1S/C20H30N6/c1-15-23-18-11-10-17(13-26(18)25-15)24-19(21-4)22-14-20(2,3)12-16-8-6-5-7-9-16/h5-9,17H,10-14H2,1-4H3,(H2,21,22,24). The van der Waals surface area contributed by atoms with Crippen LogP contribution in [0.3, 0.4) is 0 Å². The molecule has 1 aromatic carbocycles. The number of benzene rings is 1. The molecule has 6 heteroatoms. The van der Waals surface area contributed by atoms with E-state index in [1.165, 1.54) is 5.56 Å². The molecule has 2 N–H and O–H groups in total. The number of aliphatic imine (C=N–C) groups is 1. The average Bonchev–Trinajstić information content (AvgIpc) is 2.98. The van der Waals surface area contributed by atoms with Crippen molar-refractivity contribution in [3.8, 4) is 0 Å². The van der Waals surface area contributed by atoms with E-state index in [4.69, 9.17) is 0 Å². The van der Waals surface area contributed by atoms with Gasteiger partial charge in [-0.05, 0) is 30.7 Å². The monoisotopic (exact) mass is 354 g/mol. The minimum absolute atomic E-state index is 0.141. The highest BCUT2D eigenvalue weighted by Gasteiger charge is 2.23. The second-order valence-electron chi connectivity index (χ2n) is 7.89. The molecule has 0 saturated heterocycles. The fraction of sp³-hybridized carbons (Fsp3) is 0.550. The molecule has 6 nitrogen and oxygen atoms in total. The molecular weight excluding hydrogens is 324 g/mol. The maximum absolute atomic E-state index is 4.47. The fourth-order valence-corrected chi connectivity index (χ4v) is 3.47. The van der Waals surface area contributed by atoms with Crippen LogP contribution in [0.2, 0.25) is 0 Å². The number of nitrogens with one attached hydrogen (secondary N) is 2. The van der Waals surface area contributed by atoms with Crippen LogP contribution in [0.4, 0.5) is 0 Å². The average molecular weight is 355 g/mol. The van der Waals surface area contributed by atoms with Crippen LogP contribution in [0.15, 0.2) is 35.3 Å². The molecule has 0 fully saturated rings. The van der Waals surface area contributed by atoms with Gasteiger partial charge in [-0.15, -0.1) is 0 Å². The van der Waals surface area contributed by atoms with Crippen LogP contribution in [-0.2, 0) is 19.4 Å². The lowest BCUT2D eigenvalue weighted by molar-refractivity contribution is 0.353. The molecular formula is C20H30N6. The molecule has 0 spiro atoms. The Hall–Kier alpha value is -2.37. The van der Waals surface area contributed by atoms with Crippen LogP contribution < -0.4 is 10.6 Å². The molecule has 0 saturated carbocycles. The summed E-state index contributed by atoms with van der Waals surface area (Å²) < 4.78 is 2.02. The number of guanidine groups is 1. The number of hydrogen-bond donors (Lipinski definition) is 2. The van der Waals surface area contributed by atoms with Crippen LogP contribution in [0, 0.1) is 12.3 Å². The normalized spacial score (nSPS) is 17.7. The van der Waals surface area contributed by atoms with Crippen molar-refractivity contribution in [2.24, 2.45) is 10.4 Å². The van der Waals surface area contributed by atoms with Gasteiger partial charge in [0.25, 0.3) is 0 Å². The van der Waals surface area contributed by atoms with Gasteiger partial charge in [0.05, 0.1) is 6.54 Å². The molecule has 2 heterocycles. The molecule has 0 bridgehead atoms. The van der Waals surface area contributed by atoms with Crippen LogP contribution >= 0.6 is 0 Å². The van der Waals surface area contributed by atoms with Crippen LogP contribution in [0.25, 0.3) is 0 Å². The first kappa shape index (κ1) is 18.4. The van der Waals surface area contributed by atoms with E-state index in [0.29, 0.717) is 6.04 Å². The maximum Gasteiger partial charge on any atom is 0.191 e. The number of aromatic nitrogens is 3. The summed E-state index contributed by atoms with van der Waals surface area (Å²) in [5.41, 5.74) is 1.51. The maximum atomic E-state index is 4.47. The number of nitrogens with zero attached hydrogens (tertiary/aromatic N) is 4. The quantitative estimate of drug-likeness (QED) is 0.639. The van der Waals surface area contributed by atoms with Crippen molar-refractivity contribution in [1.82, 2.24) is 25.4 Å². The number of rotatable bonds is 5. The summed E-state index contributed by atoms with van der Waals surface area (Å²) in [6, 6.07) is 11.0. The first-order valence-corrected chi connectivity index (χ1v) is 9.37. The van der Waals surface area contributed by atoms with E-state index >= 15 is 0 Å². The summed E-state index contributed by atoms with van der Waals surface area (Å²) >= 11 is 0. The summed E-state index contributed by atoms with van der Waals surface area (Å²) in [6.07, 6.45) is 3.03. The summed E-state index contributed by atoms with van der Waals surface area (Å²) in [4.78, 5) is 8.87. The summed E-state index contributed by atoms with van der Waals surface area (Å²) in [7, 11) is 1.83. The highest BCUT2D eigenvalue weighted by atomic mass is 15.4. The van der Waals surface area contributed by atoms with Gasteiger partial charge in [-0.3, -0.25) is 4.99 Å². The van der Waals surface area contributed by atoms with Gasteiger partial charge in [-0.2, -0.15) is 5.10 Å². The smallest absolute Gasteiger partial charge is 0.191 e. The molecule has 0 aliphatic carbocycles. The third kappa shape index (κ3) is 4.84. The number of aryl methyl sites for hydroxylation is 2. The Balaban J connectivity index is 1.52. The van der Waals surface area contributed by atoms with E-state index in [1.54, 1.807) is 0 Å². The van der Waals surface area contributed by atoms with Gasteiger partial charge < -0.3 is 10.6 Å². The molecule has 3 rings (SSSR count). The van der Waals surface area contributed by atoms with E-state index in [9.17, 15) is 0 Å². The Morgan fingerprint density at radius 2 is 2.08 bits per heavy atom. The molecule has 1 unspecified atom stereocenters. The molecule has 1 aliphatic rings. The fourth-order valence-electron chi connectivity index (χ4n) is 3.47. The molecule has 1 atom stereocenters. The van der Waals surface area contributed by atoms with E-state index in [-0.39, 0.29) is 5.41 Å². The lowest BCUT2D eigenvalue weighted by atomic mass is 9.86. The van der Waals surface area contributed by atoms with E-state index < -0.39 is 0 Å². The largest absolute Gasteiger partial charge is 0.356 e. The molecule has 1 aromatic heterocycles. The molecule has 140 valence electrons. The highest BCUT2D eigenvalue weighted by molar-refractivity contribution is 5.80. The first-order chi connectivity index (χ1) is 12.4. The van der Waals surface area contributed by atoms with Crippen LogP contribution in [-0.4, -0.2) is 40.4 Å². The second-order valence-corrected chi connectivity index (χ2v) is 7.89. The van der Waals surface area contributed by atoms with Crippen molar-refractivity contribution in [3.63, 3.8) is 0 Å². The van der Waals surface area contributed by atoms with Gasteiger partial charge in [0.1, 0.15) is 11.6 Å². The highest BCUT2D eigenvalue weighted by Crippen LogP contribution is 2.20. The van der Waals surface area contributed by atoms with Crippen molar-refractivity contribution in [1.29, 1.82) is 0 Å². The molecule has 0 amide bonds. The number of fused-ring (bicyclic) bond motifs is 1. The summed E-state index contributed by atoms with van der Waals surface area (Å²) in [5.74, 6) is 2.80. The third-order valence-electron chi connectivity index (χ3n) is 4.79. The van der Waals surface area contributed by atoms with Crippen molar-refractivity contribution in [2.45, 2.75) is 52.6 Å². The molecule has 1 aliphatic heterocycles. The van der Waals surface area contributed by atoms with E-state index in [2.05, 4.69) is 69.9 Å². The lowest BCUT2D eigenvalue weighted by Gasteiger charge is -2.29. The zero-order valence-electron chi connectivity index (χ0n) is 16.3. The van der Waals surface area contributed by atoms with Gasteiger partial charge >= 0.3 is 0 Å². The van der Waals surface area contributed by atoms with Crippen molar-refractivity contribution < 1.29 is 0 Å². The first-order valence-electron chi connectivity index (χ1n) is 9.37. The topological polar surface area (TPSA) is 67.1 Å². The zero-order valence-corrected chi connectivity index (χ0v) is 16.3. The van der Waals surface area contributed by atoms with Gasteiger partial charge in [-0.1, -0.05) is 44.2 Å². The SMILES string of the molecule is CN=C(NCC(C)(C)Cc1ccccc1)NC1CCc2nc(C)nn2C1. The van der Waals surface area contributed by atoms with Gasteiger partial charge in [0.15, 0.2) is 5.96 Å². The molecule has 2 aromatic rings. The Kier molecular flexibility index (Phi) is 5.59.